The third-order valence-corrected chi connectivity index (χ3v) is 8.48. The largest absolute Gasteiger partial charge is 0.495 e. The fourth-order valence-electron chi connectivity index (χ4n) is 2.27. The predicted octanol–water partition coefficient (Wildman–Crippen LogP) is 5.72. The molecule has 4 aromatic rings. The molecule has 0 unspecified atom stereocenters. The molecule has 2 aromatic heterocycles. The number of rotatable bonds is 5. The molecule has 0 aliphatic heterocycles. The first-order valence-electron chi connectivity index (χ1n) is 7.00. The van der Waals surface area contributed by atoms with Gasteiger partial charge in [0.25, 0.3) is 0 Å². The number of nitrogens with zero attached hydrogens (tertiary/aromatic N) is 2. The van der Waals surface area contributed by atoms with E-state index in [1.54, 1.807) is 58.5 Å². The van der Waals surface area contributed by atoms with E-state index in [-0.39, 0.29) is 0 Å². The summed E-state index contributed by atoms with van der Waals surface area (Å²) in [7, 11) is 6.62. The number of ether oxygens (including phenoxy) is 2. The molecular formula is C16H12N2O2S4. The molecule has 4 nitrogen and oxygen atoms in total. The highest BCUT2D eigenvalue weighted by molar-refractivity contribution is 8.77. The molecule has 0 bridgehead atoms. The van der Waals surface area contributed by atoms with Crippen LogP contribution in [0.25, 0.3) is 20.4 Å². The first-order valence-corrected chi connectivity index (χ1v) is 10.8. The summed E-state index contributed by atoms with van der Waals surface area (Å²) in [5.41, 5.74) is 1.93. The Morgan fingerprint density at radius 2 is 1.21 bits per heavy atom. The normalized spacial score (nSPS) is 11.2. The van der Waals surface area contributed by atoms with E-state index in [1.807, 2.05) is 36.4 Å². The van der Waals surface area contributed by atoms with E-state index in [9.17, 15) is 0 Å². The maximum Gasteiger partial charge on any atom is 0.162 e. The van der Waals surface area contributed by atoms with Crippen molar-refractivity contribution in [2.75, 3.05) is 14.2 Å². The van der Waals surface area contributed by atoms with Crippen LogP contribution in [0.5, 0.6) is 11.5 Å². The van der Waals surface area contributed by atoms with Gasteiger partial charge >= 0.3 is 0 Å². The standard InChI is InChI=1S/C16H12N2O2S4/c1-19-11-7-3-5-9-13(11)21-15(17-9)23-24-16-18-10-6-4-8-12(20-2)14(10)22-16/h3-8H,1-2H3. The van der Waals surface area contributed by atoms with Gasteiger partial charge in [0.1, 0.15) is 11.5 Å². The molecule has 0 aliphatic rings. The van der Waals surface area contributed by atoms with Crippen molar-refractivity contribution in [3.63, 3.8) is 0 Å². The van der Waals surface area contributed by atoms with Crippen molar-refractivity contribution in [1.82, 2.24) is 9.97 Å². The van der Waals surface area contributed by atoms with E-state index < -0.39 is 0 Å². The Morgan fingerprint density at radius 1 is 0.750 bits per heavy atom. The summed E-state index contributed by atoms with van der Waals surface area (Å²) in [6, 6.07) is 11.9. The lowest BCUT2D eigenvalue weighted by Gasteiger charge is -1.97. The highest BCUT2D eigenvalue weighted by atomic mass is 33.1. The Morgan fingerprint density at radius 3 is 1.62 bits per heavy atom. The van der Waals surface area contributed by atoms with Crippen LogP contribution in [0.4, 0.5) is 0 Å². The smallest absolute Gasteiger partial charge is 0.162 e. The summed E-state index contributed by atoms with van der Waals surface area (Å²) in [6.07, 6.45) is 0. The van der Waals surface area contributed by atoms with Gasteiger partial charge in [-0.05, 0) is 45.9 Å². The van der Waals surface area contributed by atoms with Gasteiger partial charge in [0.15, 0.2) is 8.68 Å². The summed E-state index contributed by atoms with van der Waals surface area (Å²) < 4.78 is 14.9. The third-order valence-electron chi connectivity index (χ3n) is 3.34. The fraction of sp³-hybridized carbons (Fsp3) is 0.125. The Kier molecular flexibility index (Phi) is 4.53. The van der Waals surface area contributed by atoms with Crippen LogP contribution in [0, 0.1) is 0 Å². The number of thiazole rings is 2. The van der Waals surface area contributed by atoms with Crippen molar-refractivity contribution in [3.05, 3.63) is 36.4 Å². The minimum absolute atomic E-state index is 0.867. The van der Waals surface area contributed by atoms with E-state index in [2.05, 4.69) is 9.97 Å². The summed E-state index contributed by atoms with van der Waals surface area (Å²) in [5.74, 6) is 1.73. The van der Waals surface area contributed by atoms with Gasteiger partial charge in [-0.2, -0.15) is 0 Å². The first-order chi connectivity index (χ1) is 11.8. The number of fused-ring (bicyclic) bond motifs is 2. The monoisotopic (exact) mass is 392 g/mol. The number of methoxy groups -OCH3 is 2. The van der Waals surface area contributed by atoms with Crippen molar-refractivity contribution >= 4 is 64.7 Å². The average Bonchev–Trinajstić information content (AvgIpc) is 3.22. The molecule has 24 heavy (non-hydrogen) atoms. The lowest BCUT2D eigenvalue weighted by molar-refractivity contribution is 0.420. The second-order valence-corrected chi connectivity index (χ2v) is 9.36. The molecule has 0 N–H and O–H groups in total. The Balaban J connectivity index is 1.59. The van der Waals surface area contributed by atoms with Crippen LogP contribution in [0.3, 0.4) is 0 Å². The van der Waals surface area contributed by atoms with Crippen LogP contribution in [0.2, 0.25) is 0 Å². The molecule has 0 spiro atoms. The van der Waals surface area contributed by atoms with E-state index in [0.29, 0.717) is 0 Å². The van der Waals surface area contributed by atoms with Gasteiger partial charge in [-0.15, -0.1) is 22.7 Å². The Bertz CT molecular complexity index is 930. The second-order valence-electron chi connectivity index (χ2n) is 4.74. The van der Waals surface area contributed by atoms with E-state index in [4.69, 9.17) is 9.47 Å². The molecule has 2 aromatic carbocycles. The molecule has 0 saturated heterocycles. The molecule has 0 aliphatic carbocycles. The van der Waals surface area contributed by atoms with Crippen LogP contribution < -0.4 is 9.47 Å². The molecule has 122 valence electrons. The molecule has 0 saturated carbocycles. The maximum atomic E-state index is 5.40. The molecule has 0 radical (unpaired) electrons. The first kappa shape index (κ1) is 16.0. The topological polar surface area (TPSA) is 44.2 Å². The van der Waals surface area contributed by atoms with Crippen molar-refractivity contribution in [3.8, 4) is 11.5 Å². The lowest BCUT2D eigenvalue weighted by atomic mass is 10.3. The molecule has 2 heterocycles. The predicted molar refractivity (Wildman–Crippen MR) is 104 cm³/mol. The van der Waals surface area contributed by atoms with E-state index >= 15 is 0 Å². The fourth-order valence-corrected chi connectivity index (χ4v) is 6.91. The van der Waals surface area contributed by atoms with Gasteiger partial charge < -0.3 is 9.47 Å². The summed E-state index contributed by atoms with van der Waals surface area (Å²) >= 11 is 3.28. The van der Waals surface area contributed by atoms with Crippen molar-refractivity contribution in [2.45, 2.75) is 8.68 Å². The molecule has 4 rings (SSSR count). The lowest BCUT2D eigenvalue weighted by Crippen LogP contribution is -1.81. The summed E-state index contributed by atoms with van der Waals surface area (Å²) in [5, 5.41) is 0. The van der Waals surface area contributed by atoms with Gasteiger partial charge in [-0.25, -0.2) is 9.97 Å². The molecule has 0 atom stereocenters. The van der Waals surface area contributed by atoms with Crippen LogP contribution in [0.1, 0.15) is 0 Å². The zero-order valence-electron chi connectivity index (χ0n) is 12.8. The summed E-state index contributed by atoms with van der Waals surface area (Å²) in [4.78, 5) is 9.31. The molecular weight excluding hydrogens is 380 g/mol. The van der Waals surface area contributed by atoms with Crippen LogP contribution in [-0.2, 0) is 0 Å². The number of benzene rings is 2. The highest BCUT2D eigenvalue weighted by Gasteiger charge is 2.12. The third kappa shape index (κ3) is 2.95. The summed E-state index contributed by atoms with van der Waals surface area (Å²) in [6.45, 7) is 0. The van der Waals surface area contributed by atoms with E-state index in [0.717, 1.165) is 40.6 Å². The van der Waals surface area contributed by atoms with Gasteiger partial charge in [0, 0.05) is 0 Å². The SMILES string of the molecule is COc1cccc2nc(SSc3nc4cccc(OC)c4s3)sc12. The Labute approximate surface area is 154 Å². The minimum Gasteiger partial charge on any atom is -0.495 e. The Hall–Kier alpha value is -1.48. The quantitative estimate of drug-likeness (QED) is 0.405. The second kappa shape index (κ2) is 6.79. The average molecular weight is 393 g/mol. The zero-order chi connectivity index (χ0) is 16.5. The minimum atomic E-state index is 0.867. The number of aromatic nitrogens is 2. The number of hydrogen-bond acceptors (Lipinski definition) is 8. The van der Waals surface area contributed by atoms with Gasteiger partial charge in [0.2, 0.25) is 0 Å². The van der Waals surface area contributed by atoms with Gasteiger partial charge in [0.05, 0.1) is 34.7 Å². The molecule has 0 fully saturated rings. The van der Waals surface area contributed by atoms with E-state index in [1.165, 1.54) is 0 Å². The number of hydrogen-bond donors (Lipinski definition) is 0. The maximum absolute atomic E-state index is 5.40. The van der Waals surface area contributed by atoms with Crippen LogP contribution in [0.15, 0.2) is 45.1 Å². The van der Waals surface area contributed by atoms with Crippen LogP contribution >= 0.6 is 44.3 Å². The van der Waals surface area contributed by atoms with Crippen molar-refractivity contribution in [2.24, 2.45) is 0 Å². The molecule has 8 heteroatoms. The van der Waals surface area contributed by atoms with Gasteiger partial charge in [-0.1, -0.05) is 12.1 Å². The van der Waals surface area contributed by atoms with Crippen molar-refractivity contribution < 1.29 is 9.47 Å². The molecule has 0 amide bonds. The van der Waals surface area contributed by atoms with Crippen molar-refractivity contribution in [1.29, 1.82) is 0 Å². The van der Waals surface area contributed by atoms with Crippen LogP contribution in [-0.4, -0.2) is 24.2 Å². The highest BCUT2D eigenvalue weighted by Crippen LogP contribution is 2.45. The zero-order valence-corrected chi connectivity index (χ0v) is 16.1. The van der Waals surface area contributed by atoms with Gasteiger partial charge in [-0.3, -0.25) is 0 Å².